The molecule has 0 amide bonds. The van der Waals surface area contributed by atoms with E-state index in [1.165, 1.54) is 17.7 Å². The summed E-state index contributed by atoms with van der Waals surface area (Å²) in [5, 5.41) is 17.0. The Morgan fingerprint density at radius 3 is 2.91 bits per heavy atom. The molecule has 0 aliphatic carbocycles. The van der Waals surface area contributed by atoms with Gasteiger partial charge in [-0.05, 0) is 12.1 Å². The highest BCUT2D eigenvalue weighted by Gasteiger charge is 2.12. The standard InChI is InChI=1S/C14H11N5O3/c1-8-17-18-12(22-8)7-19-4-3-11-10(14(19)20)5-9(6-15)13(16-11)21-2/h3-5H,7H2,1-2H3. The summed E-state index contributed by atoms with van der Waals surface area (Å²) in [4.78, 5) is 16.7. The molecular formula is C14H11N5O3. The Morgan fingerprint density at radius 1 is 1.45 bits per heavy atom. The monoisotopic (exact) mass is 297 g/mol. The average molecular weight is 297 g/mol. The van der Waals surface area contributed by atoms with Gasteiger partial charge in [-0.25, -0.2) is 4.98 Å². The summed E-state index contributed by atoms with van der Waals surface area (Å²) in [5.41, 5.74) is 0.373. The Balaban J connectivity index is 2.13. The molecule has 0 bridgehead atoms. The SMILES string of the molecule is COc1nc2ccn(Cc3nnc(C)o3)c(=O)c2cc1C#N. The summed E-state index contributed by atoms with van der Waals surface area (Å²) in [6.45, 7) is 1.83. The third kappa shape index (κ3) is 2.29. The molecule has 0 radical (unpaired) electrons. The van der Waals surface area contributed by atoms with E-state index in [0.29, 0.717) is 22.7 Å². The molecule has 0 saturated heterocycles. The number of rotatable bonds is 3. The Kier molecular flexibility index (Phi) is 3.31. The normalized spacial score (nSPS) is 10.6. The van der Waals surface area contributed by atoms with Gasteiger partial charge in [0.1, 0.15) is 18.2 Å². The van der Waals surface area contributed by atoms with E-state index in [1.54, 1.807) is 19.2 Å². The number of hydrogen-bond acceptors (Lipinski definition) is 7. The maximum absolute atomic E-state index is 12.5. The maximum atomic E-state index is 12.5. The van der Waals surface area contributed by atoms with Crippen LogP contribution < -0.4 is 10.3 Å². The largest absolute Gasteiger partial charge is 0.480 e. The quantitative estimate of drug-likeness (QED) is 0.710. The topological polar surface area (TPSA) is 107 Å². The fourth-order valence-corrected chi connectivity index (χ4v) is 2.10. The van der Waals surface area contributed by atoms with E-state index in [4.69, 9.17) is 14.4 Å². The van der Waals surface area contributed by atoms with Crippen molar-refractivity contribution < 1.29 is 9.15 Å². The third-order valence-electron chi connectivity index (χ3n) is 3.11. The van der Waals surface area contributed by atoms with Crippen molar-refractivity contribution in [2.24, 2.45) is 0 Å². The smallest absolute Gasteiger partial charge is 0.260 e. The van der Waals surface area contributed by atoms with Gasteiger partial charge >= 0.3 is 0 Å². The van der Waals surface area contributed by atoms with Crippen molar-refractivity contribution in [3.63, 3.8) is 0 Å². The highest BCUT2D eigenvalue weighted by Crippen LogP contribution is 2.19. The molecular weight excluding hydrogens is 286 g/mol. The van der Waals surface area contributed by atoms with Gasteiger partial charge in [0.25, 0.3) is 5.56 Å². The van der Waals surface area contributed by atoms with Crippen molar-refractivity contribution in [3.8, 4) is 11.9 Å². The lowest BCUT2D eigenvalue weighted by molar-refractivity contribution is 0.398. The number of nitriles is 1. The van der Waals surface area contributed by atoms with Gasteiger partial charge in [-0.15, -0.1) is 10.2 Å². The van der Waals surface area contributed by atoms with Crippen LogP contribution in [0, 0.1) is 18.3 Å². The molecule has 3 heterocycles. The molecule has 0 unspecified atom stereocenters. The summed E-state index contributed by atoms with van der Waals surface area (Å²) in [6.07, 6.45) is 1.59. The summed E-state index contributed by atoms with van der Waals surface area (Å²) in [7, 11) is 1.42. The second kappa shape index (κ2) is 5.29. The Bertz CT molecular complexity index is 951. The van der Waals surface area contributed by atoms with E-state index in [0.717, 1.165) is 0 Å². The predicted molar refractivity (Wildman–Crippen MR) is 75.4 cm³/mol. The highest BCUT2D eigenvalue weighted by molar-refractivity contribution is 5.79. The molecule has 8 heteroatoms. The second-order valence-corrected chi connectivity index (χ2v) is 4.55. The molecule has 0 aliphatic rings. The van der Waals surface area contributed by atoms with Crippen LogP contribution in [-0.4, -0.2) is 26.9 Å². The average Bonchev–Trinajstić information content (AvgIpc) is 2.94. The first kappa shape index (κ1) is 13.8. The summed E-state index contributed by atoms with van der Waals surface area (Å²) in [6, 6.07) is 5.10. The molecule has 0 aliphatic heterocycles. The molecule has 3 aromatic rings. The highest BCUT2D eigenvalue weighted by atomic mass is 16.5. The summed E-state index contributed by atoms with van der Waals surface area (Å²) < 4.78 is 11.7. The molecule has 110 valence electrons. The molecule has 0 spiro atoms. The number of pyridine rings is 2. The molecule has 0 fully saturated rings. The number of aromatic nitrogens is 4. The van der Waals surface area contributed by atoms with E-state index in [1.807, 2.05) is 6.07 Å². The van der Waals surface area contributed by atoms with Crippen LogP contribution in [0.1, 0.15) is 17.3 Å². The lowest BCUT2D eigenvalue weighted by Gasteiger charge is -2.06. The zero-order valence-electron chi connectivity index (χ0n) is 11.9. The molecule has 3 aromatic heterocycles. The van der Waals surface area contributed by atoms with E-state index >= 15 is 0 Å². The number of ether oxygens (including phenoxy) is 1. The Morgan fingerprint density at radius 2 is 2.27 bits per heavy atom. The molecule has 0 aromatic carbocycles. The van der Waals surface area contributed by atoms with Crippen LogP contribution in [0.25, 0.3) is 10.9 Å². The van der Waals surface area contributed by atoms with Gasteiger partial charge in [0.05, 0.1) is 18.0 Å². The van der Waals surface area contributed by atoms with Crippen LogP contribution in [0.5, 0.6) is 5.88 Å². The van der Waals surface area contributed by atoms with E-state index < -0.39 is 0 Å². The molecule has 0 atom stereocenters. The van der Waals surface area contributed by atoms with Crippen LogP contribution in [0.3, 0.4) is 0 Å². The van der Waals surface area contributed by atoms with Crippen molar-refractivity contribution in [2.75, 3.05) is 7.11 Å². The van der Waals surface area contributed by atoms with E-state index in [-0.39, 0.29) is 23.5 Å². The first-order valence-electron chi connectivity index (χ1n) is 6.39. The zero-order valence-corrected chi connectivity index (χ0v) is 11.9. The first-order chi connectivity index (χ1) is 10.6. The van der Waals surface area contributed by atoms with Crippen LogP contribution in [0.2, 0.25) is 0 Å². The van der Waals surface area contributed by atoms with Crippen LogP contribution >= 0.6 is 0 Å². The van der Waals surface area contributed by atoms with Crippen LogP contribution in [0.4, 0.5) is 0 Å². The molecule has 3 rings (SSSR count). The van der Waals surface area contributed by atoms with E-state index in [9.17, 15) is 4.79 Å². The molecule has 0 saturated carbocycles. The number of aryl methyl sites for hydroxylation is 1. The van der Waals surface area contributed by atoms with Gasteiger partial charge < -0.3 is 13.7 Å². The lowest BCUT2D eigenvalue weighted by atomic mass is 10.2. The van der Waals surface area contributed by atoms with Crippen molar-refractivity contribution >= 4 is 10.9 Å². The fraction of sp³-hybridized carbons (Fsp3) is 0.214. The van der Waals surface area contributed by atoms with Gasteiger partial charge in [0, 0.05) is 13.1 Å². The third-order valence-corrected chi connectivity index (χ3v) is 3.11. The number of hydrogen-bond donors (Lipinski definition) is 0. The van der Waals surface area contributed by atoms with Gasteiger partial charge in [-0.1, -0.05) is 0 Å². The zero-order chi connectivity index (χ0) is 15.7. The minimum atomic E-state index is -0.292. The fourth-order valence-electron chi connectivity index (χ4n) is 2.10. The lowest BCUT2D eigenvalue weighted by Crippen LogP contribution is -2.20. The Hall–Kier alpha value is -3.21. The number of nitrogens with zero attached hydrogens (tertiary/aromatic N) is 5. The van der Waals surface area contributed by atoms with Gasteiger partial charge in [-0.2, -0.15) is 5.26 Å². The molecule has 8 nitrogen and oxygen atoms in total. The maximum Gasteiger partial charge on any atom is 0.260 e. The van der Waals surface area contributed by atoms with Crippen molar-refractivity contribution in [1.82, 2.24) is 19.7 Å². The van der Waals surface area contributed by atoms with E-state index in [2.05, 4.69) is 15.2 Å². The Labute approximate surface area is 124 Å². The second-order valence-electron chi connectivity index (χ2n) is 4.55. The van der Waals surface area contributed by atoms with Crippen molar-refractivity contribution in [1.29, 1.82) is 5.26 Å². The molecule has 22 heavy (non-hydrogen) atoms. The van der Waals surface area contributed by atoms with Gasteiger partial charge in [0.15, 0.2) is 0 Å². The predicted octanol–water partition coefficient (Wildman–Crippen LogP) is 1.02. The number of methoxy groups -OCH3 is 1. The minimum absolute atomic E-state index is 0.156. The summed E-state index contributed by atoms with van der Waals surface area (Å²) >= 11 is 0. The van der Waals surface area contributed by atoms with Crippen molar-refractivity contribution in [2.45, 2.75) is 13.5 Å². The van der Waals surface area contributed by atoms with Gasteiger partial charge in [-0.3, -0.25) is 4.79 Å². The van der Waals surface area contributed by atoms with Crippen LogP contribution in [-0.2, 0) is 6.54 Å². The first-order valence-corrected chi connectivity index (χ1v) is 6.39. The minimum Gasteiger partial charge on any atom is -0.480 e. The van der Waals surface area contributed by atoms with Crippen LogP contribution in [0.15, 0.2) is 27.5 Å². The number of fused-ring (bicyclic) bond motifs is 1. The van der Waals surface area contributed by atoms with Gasteiger partial charge in [0.2, 0.25) is 17.7 Å². The van der Waals surface area contributed by atoms with Crippen molar-refractivity contribution in [3.05, 3.63) is 46.0 Å². The summed E-state index contributed by atoms with van der Waals surface area (Å²) in [5.74, 6) is 0.961. The molecule has 0 N–H and O–H groups in total.